The van der Waals surface area contributed by atoms with Crippen LogP contribution in [0.3, 0.4) is 0 Å². The highest BCUT2D eigenvalue weighted by Gasteiger charge is 2.29. The Bertz CT molecular complexity index is 1030. The fourth-order valence-corrected chi connectivity index (χ4v) is 5.10. The predicted molar refractivity (Wildman–Crippen MR) is 118 cm³/mol. The van der Waals surface area contributed by atoms with Gasteiger partial charge >= 0.3 is 0 Å². The van der Waals surface area contributed by atoms with Gasteiger partial charge in [-0.1, -0.05) is 13.0 Å². The largest absolute Gasteiger partial charge is 0.493 e. The lowest BCUT2D eigenvalue weighted by Crippen LogP contribution is -2.41. The van der Waals surface area contributed by atoms with Crippen LogP contribution in [0.15, 0.2) is 41.3 Å². The minimum absolute atomic E-state index is 0.161. The van der Waals surface area contributed by atoms with Gasteiger partial charge in [-0.15, -0.1) is 0 Å². The van der Waals surface area contributed by atoms with Crippen LogP contribution in [0.2, 0.25) is 0 Å². The van der Waals surface area contributed by atoms with Crippen LogP contribution >= 0.6 is 0 Å². The molecule has 0 aromatic heterocycles. The topological polar surface area (TPSA) is 94.2 Å². The summed E-state index contributed by atoms with van der Waals surface area (Å²) in [5.41, 5.74) is 1.45. The third-order valence-corrected chi connectivity index (χ3v) is 7.00. The normalized spacial score (nSPS) is 14.8. The van der Waals surface area contributed by atoms with Crippen LogP contribution in [0, 0.1) is 0 Å². The Morgan fingerprint density at radius 1 is 1.10 bits per heavy atom. The van der Waals surface area contributed by atoms with Gasteiger partial charge in [0.1, 0.15) is 0 Å². The van der Waals surface area contributed by atoms with Crippen molar-refractivity contribution >= 4 is 21.6 Å². The number of benzene rings is 2. The molecule has 1 fully saturated rings. The molecular weight excluding hydrogens is 420 g/mol. The molecule has 3 rings (SSSR count). The van der Waals surface area contributed by atoms with Crippen molar-refractivity contribution < 1.29 is 27.4 Å². The molecule has 0 saturated carbocycles. The summed E-state index contributed by atoms with van der Waals surface area (Å²) in [6.45, 7) is 5.58. The molecule has 1 aliphatic rings. The Labute approximate surface area is 183 Å². The first kappa shape index (κ1) is 23.1. The summed E-state index contributed by atoms with van der Waals surface area (Å²) in [5.74, 6) is 0.665. The van der Waals surface area contributed by atoms with Gasteiger partial charge in [-0.05, 0) is 43.2 Å². The van der Waals surface area contributed by atoms with Gasteiger partial charge in [0, 0.05) is 30.4 Å². The molecule has 9 heteroatoms. The summed E-state index contributed by atoms with van der Waals surface area (Å²) in [4.78, 5) is 13.0. The maximum Gasteiger partial charge on any atom is 0.255 e. The zero-order valence-electron chi connectivity index (χ0n) is 18.0. The first-order valence-corrected chi connectivity index (χ1v) is 11.7. The molecule has 0 atom stereocenters. The molecule has 0 aliphatic carbocycles. The number of amides is 1. The zero-order valence-corrected chi connectivity index (χ0v) is 18.8. The Morgan fingerprint density at radius 3 is 2.48 bits per heavy atom. The van der Waals surface area contributed by atoms with Gasteiger partial charge in [0.2, 0.25) is 10.0 Å². The van der Waals surface area contributed by atoms with Crippen molar-refractivity contribution in [3.05, 3.63) is 47.5 Å². The van der Waals surface area contributed by atoms with Crippen molar-refractivity contribution in [2.24, 2.45) is 0 Å². The number of carbonyl (C=O) groups is 1. The lowest BCUT2D eigenvalue weighted by Gasteiger charge is -2.27. The van der Waals surface area contributed by atoms with Crippen LogP contribution in [-0.2, 0) is 21.2 Å². The van der Waals surface area contributed by atoms with Gasteiger partial charge in [0.15, 0.2) is 11.5 Å². The zero-order chi connectivity index (χ0) is 22.4. The minimum atomic E-state index is -3.72. The molecule has 1 N–H and O–H groups in total. The molecule has 0 spiro atoms. The van der Waals surface area contributed by atoms with Crippen molar-refractivity contribution in [3.63, 3.8) is 0 Å². The number of methoxy groups -OCH3 is 1. The highest BCUT2D eigenvalue weighted by atomic mass is 32.2. The highest BCUT2D eigenvalue weighted by Crippen LogP contribution is 2.30. The summed E-state index contributed by atoms with van der Waals surface area (Å²) in [5, 5.41) is 2.80. The van der Waals surface area contributed by atoms with Crippen LogP contribution in [0.5, 0.6) is 11.5 Å². The first-order chi connectivity index (χ1) is 14.9. The fourth-order valence-electron chi connectivity index (χ4n) is 3.38. The number of hydrogen-bond acceptors (Lipinski definition) is 6. The first-order valence-electron chi connectivity index (χ1n) is 10.2. The van der Waals surface area contributed by atoms with E-state index in [1.807, 2.05) is 13.8 Å². The third-order valence-electron chi connectivity index (χ3n) is 5.02. The summed E-state index contributed by atoms with van der Waals surface area (Å²) in [6, 6.07) is 9.86. The van der Waals surface area contributed by atoms with E-state index >= 15 is 0 Å². The monoisotopic (exact) mass is 448 g/mol. The molecule has 168 valence electrons. The van der Waals surface area contributed by atoms with E-state index in [0.717, 1.165) is 0 Å². The Balaban J connectivity index is 1.88. The van der Waals surface area contributed by atoms with Gasteiger partial charge in [0.25, 0.3) is 5.91 Å². The summed E-state index contributed by atoms with van der Waals surface area (Å²) in [7, 11) is -2.20. The molecule has 0 radical (unpaired) electrons. The van der Waals surface area contributed by atoms with Gasteiger partial charge in [0.05, 0.1) is 31.8 Å². The lowest BCUT2D eigenvalue weighted by atomic mass is 10.1. The van der Waals surface area contributed by atoms with E-state index in [0.29, 0.717) is 62.1 Å². The van der Waals surface area contributed by atoms with Crippen LogP contribution in [-0.4, -0.2) is 58.7 Å². The van der Waals surface area contributed by atoms with Crippen molar-refractivity contribution in [3.8, 4) is 11.5 Å². The SMILES string of the molecule is CCOc1ccc(NC(=O)c2ccc(CC)c(S(=O)(=O)N3CCOCC3)c2)cc1OC. The maximum absolute atomic E-state index is 13.2. The van der Waals surface area contributed by atoms with Crippen molar-refractivity contribution in [1.82, 2.24) is 4.31 Å². The number of nitrogens with one attached hydrogen (secondary N) is 1. The second-order valence-corrected chi connectivity index (χ2v) is 8.85. The van der Waals surface area contributed by atoms with Gasteiger partial charge in [-0.3, -0.25) is 4.79 Å². The average molecular weight is 449 g/mol. The summed E-state index contributed by atoms with van der Waals surface area (Å²) >= 11 is 0. The fraction of sp³-hybridized carbons (Fsp3) is 0.409. The minimum Gasteiger partial charge on any atom is -0.493 e. The molecule has 1 amide bonds. The van der Waals surface area contributed by atoms with E-state index < -0.39 is 15.9 Å². The lowest BCUT2D eigenvalue weighted by molar-refractivity contribution is 0.0730. The van der Waals surface area contributed by atoms with E-state index in [9.17, 15) is 13.2 Å². The number of morpholine rings is 1. The number of hydrogen-bond donors (Lipinski definition) is 1. The molecule has 31 heavy (non-hydrogen) atoms. The van der Waals surface area contributed by atoms with Crippen LogP contribution < -0.4 is 14.8 Å². The Kier molecular flexibility index (Phi) is 7.53. The second-order valence-electron chi connectivity index (χ2n) is 6.95. The molecule has 0 unspecified atom stereocenters. The molecule has 2 aromatic carbocycles. The average Bonchev–Trinajstić information content (AvgIpc) is 2.80. The molecule has 1 saturated heterocycles. The van der Waals surface area contributed by atoms with Crippen molar-refractivity contribution in [2.75, 3.05) is 45.3 Å². The van der Waals surface area contributed by atoms with E-state index in [4.69, 9.17) is 14.2 Å². The number of anilines is 1. The number of nitrogens with zero attached hydrogens (tertiary/aromatic N) is 1. The highest BCUT2D eigenvalue weighted by molar-refractivity contribution is 7.89. The summed E-state index contributed by atoms with van der Waals surface area (Å²) < 4.78 is 43.9. The smallest absolute Gasteiger partial charge is 0.255 e. The van der Waals surface area contributed by atoms with E-state index in [1.165, 1.54) is 17.5 Å². The maximum atomic E-state index is 13.2. The summed E-state index contributed by atoms with van der Waals surface area (Å²) in [6.07, 6.45) is 0.539. The number of carbonyl (C=O) groups excluding carboxylic acids is 1. The van der Waals surface area contributed by atoms with Crippen molar-refractivity contribution in [1.29, 1.82) is 0 Å². The standard InChI is InChI=1S/C22H28N2O6S/c1-4-16-6-7-17(14-21(16)31(26,27)24-10-12-29-13-11-24)22(25)23-18-8-9-19(30-5-2)20(15-18)28-3/h6-9,14-15H,4-5,10-13H2,1-3H3,(H,23,25). The third kappa shape index (κ3) is 5.17. The Morgan fingerprint density at radius 2 is 1.84 bits per heavy atom. The van der Waals surface area contributed by atoms with Crippen LogP contribution in [0.1, 0.15) is 29.8 Å². The van der Waals surface area contributed by atoms with Crippen LogP contribution in [0.25, 0.3) is 0 Å². The number of rotatable bonds is 8. The molecular formula is C22H28N2O6S. The molecule has 0 bridgehead atoms. The van der Waals surface area contributed by atoms with E-state index in [2.05, 4.69) is 5.32 Å². The Hall–Kier alpha value is -2.62. The van der Waals surface area contributed by atoms with Crippen molar-refractivity contribution in [2.45, 2.75) is 25.2 Å². The molecule has 8 nitrogen and oxygen atoms in total. The van der Waals surface area contributed by atoms with Gasteiger partial charge < -0.3 is 19.5 Å². The second kappa shape index (κ2) is 10.1. The van der Waals surface area contributed by atoms with Gasteiger partial charge in [-0.25, -0.2) is 8.42 Å². The van der Waals surface area contributed by atoms with Gasteiger partial charge in [-0.2, -0.15) is 4.31 Å². The van der Waals surface area contributed by atoms with E-state index in [-0.39, 0.29) is 10.5 Å². The number of aryl methyl sites for hydroxylation is 1. The van der Waals surface area contributed by atoms with E-state index in [1.54, 1.807) is 30.3 Å². The molecule has 1 aliphatic heterocycles. The predicted octanol–water partition coefficient (Wildman–Crippen LogP) is 2.93. The number of ether oxygens (including phenoxy) is 3. The van der Waals surface area contributed by atoms with Crippen LogP contribution in [0.4, 0.5) is 5.69 Å². The quantitative estimate of drug-likeness (QED) is 0.667. The molecule has 2 aromatic rings. The number of sulfonamides is 1. The molecule has 1 heterocycles.